The number of rotatable bonds is 3. The van der Waals surface area contributed by atoms with E-state index in [1.807, 2.05) is 30.3 Å². The van der Waals surface area contributed by atoms with Gasteiger partial charge in [-0.25, -0.2) is 0 Å². The normalized spacial score (nSPS) is 9.59. The fourth-order valence-corrected chi connectivity index (χ4v) is 1.67. The first-order valence-electron chi connectivity index (χ1n) is 5.37. The van der Waals surface area contributed by atoms with E-state index >= 15 is 0 Å². The van der Waals surface area contributed by atoms with Gasteiger partial charge in [-0.3, -0.25) is 4.79 Å². The zero-order valence-electron chi connectivity index (χ0n) is 9.26. The average Bonchev–Trinajstić information content (AvgIpc) is 2.40. The minimum absolute atomic E-state index is 0.00890. The monoisotopic (exact) mass is 221 g/mol. The number of nitriles is 1. The van der Waals surface area contributed by atoms with Crippen LogP contribution in [0.15, 0.2) is 54.6 Å². The molecule has 0 saturated carbocycles. The Balaban J connectivity index is 2.32. The molecule has 2 nitrogen and oxygen atoms in total. The summed E-state index contributed by atoms with van der Waals surface area (Å²) in [4.78, 5) is 12.1. The van der Waals surface area contributed by atoms with E-state index in [4.69, 9.17) is 5.26 Å². The van der Waals surface area contributed by atoms with Crippen LogP contribution >= 0.6 is 0 Å². The van der Waals surface area contributed by atoms with Gasteiger partial charge in [0, 0.05) is 11.1 Å². The summed E-state index contributed by atoms with van der Waals surface area (Å²) in [6.07, 6.45) is 0.329. The molecule has 0 fully saturated rings. The van der Waals surface area contributed by atoms with E-state index in [1.165, 1.54) is 0 Å². The van der Waals surface area contributed by atoms with Crippen molar-refractivity contribution in [3.05, 3.63) is 71.3 Å². The zero-order valence-corrected chi connectivity index (χ0v) is 9.26. The van der Waals surface area contributed by atoms with E-state index in [-0.39, 0.29) is 5.78 Å². The van der Waals surface area contributed by atoms with Crippen molar-refractivity contribution in [3.8, 4) is 6.07 Å². The van der Waals surface area contributed by atoms with Crippen LogP contribution in [0, 0.1) is 11.3 Å². The highest BCUT2D eigenvalue weighted by Crippen LogP contribution is 2.11. The van der Waals surface area contributed by atoms with Crippen LogP contribution < -0.4 is 0 Å². The highest BCUT2D eigenvalue weighted by Gasteiger charge is 2.08. The molecule has 0 N–H and O–H groups in total. The Hall–Kier alpha value is -2.40. The van der Waals surface area contributed by atoms with Gasteiger partial charge in [-0.1, -0.05) is 48.5 Å². The molecule has 0 radical (unpaired) electrons. The molecule has 0 aliphatic rings. The second kappa shape index (κ2) is 5.09. The van der Waals surface area contributed by atoms with Crippen molar-refractivity contribution in [2.75, 3.05) is 0 Å². The molecule has 2 rings (SSSR count). The van der Waals surface area contributed by atoms with Gasteiger partial charge in [0.15, 0.2) is 5.78 Å². The largest absolute Gasteiger partial charge is 0.289 e. The summed E-state index contributed by atoms with van der Waals surface area (Å²) in [6.45, 7) is 0. The minimum Gasteiger partial charge on any atom is -0.289 e. The summed E-state index contributed by atoms with van der Waals surface area (Å²) in [7, 11) is 0. The van der Waals surface area contributed by atoms with Gasteiger partial charge in [0.2, 0.25) is 0 Å². The van der Waals surface area contributed by atoms with E-state index in [0.29, 0.717) is 17.5 Å². The molecule has 0 aromatic heterocycles. The van der Waals surface area contributed by atoms with Crippen LogP contribution in [0.2, 0.25) is 0 Å². The number of hydrogen-bond acceptors (Lipinski definition) is 2. The predicted octanol–water partition coefficient (Wildman–Crippen LogP) is 2.98. The van der Waals surface area contributed by atoms with Crippen LogP contribution in [0.1, 0.15) is 21.5 Å². The molecule has 2 heteroatoms. The van der Waals surface area contributed by atoms with Crippen LogP contribution in [0.25, 0.3) is 0 Å². The van der Waals surface area contributed by atoms with Gasteiger partial charge in [0.1, 0.15) is 0 Å². The summed E-state index contributed by atoms with van der Waals surface area (Å²) in [5, 5.41) is 8.63. The Morgan fingerprint density at radius 2 is 1.71 bits per heavy atom. The molecule has 0 spiro atoms. The number of carbonyl (C=O) groups excluding carboxylic acids is 1. The first kappa shape index (κ1) is 11.1. The third kappa shape index (κ3) is 2.59. The maximum atomic E-state index is 12.1. The maximum Gasteiger partial charge on any atom is 0.193 e. The Labute approximate surface area is 100 Å². The van der Waals surface area contributed by atoms with Crippen molar-refractivity contribution in [1.29, 1.82) is 5.26 Å². The summed E-state index contributed by atoms with van der Waals surface area (Å²) in [6, 6.07) is 18.4. The number of hydrogen-bond donors (Lipinski definition) is 0. The van der Waals surface area contributed by atoms with Gasteiger partial charge in [0.05, 0.1) is 12.5 Å². The molecular formula is C15H11NO. The van der Waals surface area contributed by atoms with Crippen molar-refractivity contribution in [2.45, 2.75) is 6.42 Å². The lowest BCUT2D eigenvalue weighted by atomic mass is 10.0. The molecule has 0 bridgehead atoms. The van der Waals surface area contributed by atoms with E-state index in [2.05, 4.69) is 6.07 Å². The first-order chi connectivity index (χ1) is 8.31. The van der Waals surface area contributed by atoms with E-state index < -0.39 is 0 Å². The lowest BCUT2D eigenvalue weighted by Crippen LogP contribution is -2.01. The Bertz CT molecular complexity index is 567. The predicted molar refractivity (Wildman–Crippen MR) is 65.6 cm³/mol. The molecule has 0 unspecified atom stereocenters. The molecule has 0 aliphatic carbocycles. The zero-order chi connectivity index (χ0) is 12.1. The van der Waals surface area contributed by atoms with E-state index in [1.54, 1.807) is 24.3 Å². The molecule has 0 aliphatic heterocycles. The van der Waals surface area contributed by atoms with E-state index in [0.717, 1.165) is 5.56 Å². The highest BCUT2D eigenvalue weighted by molar-refractivity contribution is 6.09. The first-order valence-corrected chi connectivity index (χ1v) is 5.37. The average molecular weight is 221 g/mol. The molecule has 2 aromatic rings. The third-order valence-corrected chi connectivity index (χ3v) is 2.51. The summed E-state index contributed by atoms with van der Waals surface area (Å²) >= 11 is 0. The van der Waals surface area contributed by atoms with Gasteiger partial charge in [-0.05, 0) is 11.6 Å². The second-order valence-electron chi connectivity index (χ2n) is 3.73. The molecule has 0 saturated heterocycles. The number of nitrogens with zero attached hydrogens (tertiary/aromatic N) is 1. The van der Waals surface area contributed by atoms with Crippen molar-refractivity contribution < 1.29 is 4.79 Å². The number of carbonyl (C=O) groups is 1. The SMILES string of the molecule is N#CCc1cccc(C(=O)c2ccccc2)c1. The van der Waals surface area contributed by atoms with Crippen LogP contribution in [-0.2, 0) is 6.42 Å². The third-order valence-electron chi connectivity index (χ3n) is 2.51. The second-order valence-corrected chi connectivity index (χ2v) is 3.73. The molecule has 0 heterocycles. The Morgan fingerprint density at radius 3 is 2.41 bits per heavy atom. The van der Waals surface area contributed by atoms with Gasteiger partial charge in [0.25, 0.3) is 0 Å². The van der Waals surface area contributed by atoms with Crippen LogP contribution in [0.5, 0.6) is 0 Å². The quantitative estimate of drug-likeness (QED) is 0.747. The van der Waals surface area contributed by atoms with Crippen LogP contribution in [0.4, 0.5) is 0 Å². The van der Waals surface area contributed by atoms with Gasteiger partial charge in [-0.2, -0.15) is 5.26 Å². The topological polar surface area (TPSA) is 40.9 Å². The Morgan fingerprint density at radius 1 is 1.00 bits per heavy atom. The molecule has 0 amide bonds. The fraction of sp³-hybridized carbons (Fsp3) is 0.0667. The van der Waals surface area contributed by atoms with Gasteiger partial charge < -0.3 is 0 Å². The lowest BCUT2D eigenvalue weighted by Gasteiger charge is -2.02. The summed E-state index contributed by atoms with van der Waals surface area (Å²) < 4.78 is 0. The smallest absolute Gasteiger partial charge is 0.193 e. The molecule has 82 valence electrons. The molecule has 0 atom stereocenters. The highest BCUT2D eigenvalue weighted by atomic mass is 16.1. The summed E-state index contributed by atoms with van der Waals surface area (Å²) in [5.41, 5.74) is 2.17. The molecular weight excluding hydrogens is 210 g/mol. The molecule has 17 heavy (non-hydrogen) atoms. The summed E-state index contributed by atoms with van der Waals surface area (Å²) in [5.74, 6) is -0.00890. The van der Waals surface area contributed by atoms with Crippen LogP contribution in [0.3, 0.4) is 0 Å². The fourth-order valence-electron chi connectivity index (χ4n) is 1.67. The maximum absolute atomic E-state index is 12.1. The Kier molecular flexibility index (Phi) is 3.32. The van der Waals surface area contributed by atoms with Crippen molar-refractivity contribution in [3.63, 3.8) is 0 Å². The lowest BCUT2D eigenvalue weighted by molar-refractivity contribution is 0.103. The standard InChI is InChI=1S/C15H11NO/c16-10-9-12-5-4-8-14(11-12)15(17)13-6-2-1-3-7-13/h1-8,11H,9H2. The van der Waals surface area contributed by atoms with Crippen molar-refractivity contribution in [2.24, 2.45) is 0 Å². The number of benzene rings is 2. The number of ketones is 1. The van der Waals surface area contributed by atoms with Crippen molar-refractivity contribution in [1.82, 2.24) is 0 Å². The van der Waals surface area contributed by atoms with Crippen molar-refractivity contribution >= 4 is 5.78 Å². The van der Waals surface area contributed by atoms with E-state index in [9.17, 15) is 4.79 Å². The van der Waals surface area contributed by atoms with Gasteiger partial charge >= 0.3 is 0 Å². The van der Waals surface area contributed by atoms with Crippen LogP contribution in [-0.4, -0.2) is 5.78 Å². The minimum atomic E-state index is -0.00890. The molecule has 2 aromatic carbocycles. The van der Waals surface area contributed by atoms with Gasteiger partial charge in [-0.15, -0.1) is 0 Å².